The topological polar surface area (TPSA) is 66.5 Å². The molecule has 0 saturated carbocycles. The molecule has 0 radical (unpaired) electrons. The van der Waals surface area contributed by atoms with Gasteiger partial charge < -0.3 is 4.90 Å². The average molecular weight is 429 g/mol. The number of nitrogens with zero attached hydrogens (tertiary/aromatic N) is 1. The molecule has 0 aliphatic carbocycles. The molecule has 2 rings (SSSR count). The lowest BCUT2D eigenvalue weighted by Crippen LogP contribution is -2.31. The van der Waals surface area contributed by atoms with E-state index in [-0.39, 0.29) is 28.4 Å². The summed E-state index contributed by atoms with van der Waals surface area (Å²) in [6.07, 6.45) is 0. The minimum atomic E-state index is -3.68. The van der Waals surface area contributed by atoms with Crippen molar-refractivity contribution in [2.75, 3.05) is 7.05 Å². The fraction of sp³-hybridized carbons (Fsp3) is 0.316. The van der Waals surface area contributed by atoms with Crippen molar-refractivity contribution < 1.29 is 13.2 Å². The Kier molecular flexibility index (Phi) is 6.92. The molecule has 0 aromatic heterocycles. The maximum absolute atomic E-state index is 12.9. The minimum Gasteiger partial charge on any atom is -0.335 e. The molecule has 1 amide bonds. The zero-order valence-electron chi connectivity index (χ0n) is 15.5. The van der Waals surface area contributed by atoms with Gasteiger partial charge in [-0.1, -0.05) is 35.3 Å². The highest BCUT2D eigenvalue weighted by Crippen LogP contribution is 2.30. The molecule has 0 spiro atoms. The summed E-state index contributed by atoms with van der Waals surface area (Å²) in [5, 5.41) is 0.979. The van der Waals surface area contributed by atoms with Crippen molar-refractivity contribution in [1.82, 2.24) is 9.62 Å². The second-order valence-corrected chi connectivity index (χ2v) is 9.12. The van der Waals surface area contributed by atoms with E-state index in [1.807, 2.05) is 6.92 Å². The highest BCUT2D eigenvalue weighted by atomic mass is 35.5. The fourth-order valence-electron chi connectivity index (χ4n) is 2.60. The number of hydrogen-bond donors (Lipinski definition) is 1. The Morgan fingerprint density at radius 3 is 2.33 bits per heavy atom. The number of hydrogen-bond acceptors (Lipinski definition) is 3. The Bertz CT molecular complexity index is 946. The monoisotopic (exact) mass is 428 g/mol. The van der Waals surface area contributed by atoms with Crippen LogP contribution in [-0.4, -0.2) is 32.3 Å². The molecule has 2 aromatic rings. The van der Waals surface area contributed by atoms with Gasteiger partial charge >= 0.3 is 0 Å². The van der Waals surface area contributed by atoms with Crippen LogP contribution in [0.4, 0.5) is 0 Å². The zero-order chi connectivity index (χ0) is 20.4. The normalized spacial score (nSPS) is 12.9. The first kappa shape index (κ1) is 21.7. The molecule has 1 N–H and O–H groups in total. The van der Waals surface area contributed by atoms with Crippen LogP contribution < -0.4 is 4.72 Å². The second-order valence-electron chi connectivity index (χ2n) is 6.56. The van der Waals surface area contributed by atoms with Gasteiger partial charge in [0.1, 0.15) is 0 Å². The van der Waals surface area contributed by atoms with Crippen molar-refractivity contribution in [1.29, 1.82) is 0 Å². The van der Waals surface area contributed by atoms with Gasteiger partial charge in [-0.2, -0.15) is 0 Å². The first-order valence-corrected chi connectivity index (χ1v) is 10.6. The van der Waals surface area contributed by atoms with Crippen LogP contribution in [-0.2, 0) is 10.0 Å². The maximum Gasteiger partial charge on any atom is 0.254 e. The molecule has 0 heterocycles. The molecule has 0 aliphatic rings. The number of carbonyl (C=O) groups excluding carboxylic acids is 1. The number of carbonyl (C=O) groups is 1. The Balaban J connectivity index is 2.30. The summed E-state index contributed by atoms with van der Waals surface area (Å²) in [6.45, 7) is 5.31. The lowest BCUT2D eigenvalue weighted by Gasteiger charge is -2.26. The quantitative estimate of drug-likeness (QED) is 0.735. The molecule has 0 saturated heterocycles. The summed E-state index contributed by atoms with van der Waals surface area (Å²) < 4.78 is 27.2. The van der Waals surface area contributed by atoms with E-state index in [1.54, 1.807) is 51.2 Å². The largest absolute Gasteiger partial charge is 0.335 e. The summed E-state index contributed by atoms with van der Waals surface area (Å²) >= 11 is 12.2. The van der Waals surface area contributed by atoms with Crippen LogP contribution in [0.2, 0.25) is 10.0 Å². The Hall–Kier alpha value is -1.60. The van der Waals surface area contributed by atoms with Crippen LogP contribution in [0.15, 0.2) is 47.4 Å². The van der Waals surface area contributed by atoms with Crippen LogP contribution in [0.5, 0.6) is 0 Å². The third-order valence-corrected chi connectivity index (χ3v) is 6.31. The predicted octanol–water partition coefficient (Wildman–Crippen LogP) is 4.51. The standard InChI is InChI=1S/C19H22Cl2N2O3S/c1-12(2)22-27(25,26)16-7-5-6-14(10-16)19(24)23(4)13(3)17-9-8-15(20)11-18(17)21/h5-13,22H,1-4H3. The zero-order valence-corrected chi connectivity index (χ0v) is 17.9. The van der Waals surface area contributed by atoms with Gasteiger partial charge in [0, 0.05) is 28.7 Å². The van der Waals surface area contributed by atoms with E-state index in [9.17, 15) is 13.2 Å². The van der Waals surface area contributed by atoms with E-state index in [2.05, 4.69) is 4.72 Å². The van der Waals surface area contributed by atoms with Gasteiger partial charge in [0.05, 0.1) is 10.9 Å². The molecule has 0 aliphatic heterocycles. The molecular weight excluding hydrogens is 407 g/mol. The third kappa shape index (κ3) is 5.23. The molecule has 1 atom stereocenters. The summed E-state index contributed by atoms with van der Waals surface area (Å²) in [5.41, 5.74) is 1.03. The van der Waals surface area contributed by atoms with E-state index in [1.165, 1.54) is 17.0 Å². The van der Waals surface area contributed by atoms with Gasteiger partial charge in [0.2, 0.25) is 10.0 Å². The number of sulfonamides is 1. The molecule has 27 heavy (non-hydrogen) atoms. The van der Waals surface area contributed by atoms with Crippen molar-refractivity contribution in [2.24, 2.45) is 0 Å². The van der Waals surface area contributed by atoms with Gasteiger partial charge in [0.25, 0.3) is 5.91 Å². The first-order chi connectivity index (χ1) is 12.5. The predicted molar refractivity (Wildman–Crippen MR) is 109 cm³/mol. The lowest BCUT2D eigenvalue weighted by molar-refractivity contribution is 0.0742. The van der Waals surface area contributed by atoms with Crippen LogP contribution in [0.1, 0.15) is 42.7 Å². The van der Waals surface area contributed by atoms with Crippen LogP contribution in [0, 0.1) is 0 Å². The highest BCUT2D eigenvalue weighted by molar-refractivity contribution is 7.89. The second kappa shape index (κ2) is 8.61. The minimum absolute atomic E-state index is 0.0487. The first-order valence-electron chi connectivity index (χ1n) is 8.37. The molecule has 8 heteroatoms. The van der Waals surface area contributed by atoms with E-state index in [0.29, 0.717) is 10.0 Å². The number of benzene rings is 2. The van der Waals surface area contributed by atoms with Crippen LogP contribution in [0.3, 0.4) is 0 Å². The van der Waals surface area contributed by atoms with Crippen molar-refractivity contribution in [2.45, 2.75) is 37.8 Å². The number of rotatable bonds is 6. The molecule has 1 unspecified atom stereocenters. The number of halogens is 2. The van der Waals surface area contributed by atoms with Gasteiger partial charge in [-0.15, -0.1) is 0 Å². The van der Waals surface area contributed by atoms with Crippen molar-refractivity contribution in [3.63, 3.8) is 0 Å². The fourth-order valence-corrected chi connectivity index (χ4v) is 4.47. The van der Waals surface area contributed by atoms with E-state index < -0.39 is 10.0 Å². The maximum atomic E-state index is 12.9. The van der Waals surface area contributed by atoms with E-state index in [0.717, 1.165) is 5.56 Å². The van der Waals surface area contributed by atoms with Crippen molar-refractivity contribution in [3.8, 4) is 0 Å². The number of nitrogens with one attached hydrogen (secondary N) is 1. The molecular formula is C19H22Cl2N2O3S. The van der Waals surface area contributed by atoms with E-state index >= 15 is 0 Å². The number of amides is 1. The highest BCUT2D eigenvalue weighted by Gasteiger charge is 2.23. The Labute approximate surface area is 170 Å². The molecule has 0 bridgehead atoms. The molecule has 5 nitrogen and oxygen atoms in total. The summed E-state index contributed by atoms with van der Waals surface area (Å²) in [4.78, 5) is 14.4. The third-order valence-electron chi connectivity index (χ3n) is 4.10. The SMILES string of the molecule is CC(C)NS(=O)(=O)c1cccc(C(=O)N(C)C(C)c2ccc(Cl)cc2Cl)c1. The smallest absolute Gasteiger partial charge is 0.254 e. The van der Waals surface area contributed by atoms with Gasteiger partial charge in [0.15, 0.2) is 0 Å². The van der Waals surface area contributed by atoms with Gasteiger partial charge in [-0.3, -0.25) is 4.79 Å². The molecule has 0 fully saturated rings. The van der Waals surface area contributed by atoms with Gasteiger partial charge in [-0.05, 0) is 56.7 Å². The summed E-state index contributed by atoms with van der Waals surface area (Å²) in [5.74, 6) is -0.310. The Morgan fingerprint density at radius 1 is 1.07 bits per heavy atom. The van der Waals surface area contributed by atoms with Crippen LogP contribution >= 0.6 is 23.2 Å². The molecule has 2 aromatic carbocycles. The Morgan fingerprint density at radius 2 is 1.74 bits per heavy atom. The molecule has 146 valence electrons. The van der Waals surface area contributed by atoms with Gasteiger partial charge in [-0.25, -0.2) is 13.1 Å². The van der Waals surface area contributed by atoms with Crippen molar-refractivity contribution in [3.05, 3.63) is 63.6 Å². The van der Waals surface area contributed by atoms with E-state index in [4.69, 9.17) is 23.2 Å². The summed E-state index contributed by atoms with van der Waals surface area (Å²) in [6, 6.07) is 10.5. The average Bonchev–Trinajstić information content (AvgIpc) is 2.59. The van der Waals surface area contributed by atoms with Crippen LogP contribution in [0.25, 0.3) is 0 Å². The summed E-state index contributed by atoms with van der Waals surface area (Å²) in [7, 11) is -2.04. The van der Waals surface area contributed by atoms with Crippen molar-refractivity contribution >= 4 is 39.1 Å². The lowest BCUT2D eigenvalue weighted by atomic mass is 10.1.